The van der Waals surface area contributed by atoms with E-state index in [9.17, 15) is 14.4 Å². The van der Waals surface area contributed by atoms with Gasteiger partial charge in [-0.1, -0.05) is 6.42 Å². The maximum Gasteiger partial charge on any atom is 0.252 e. The summed E-state index contributed by atoms with van der Waals surface area (Å²) in [6.07, 6.45) is 3.43. The molecule has 3 unspecified atom stereocenters. The second-order valence-corrected chi connectivity index (χ2v) is 6.08. The molecule has 3 atom stereocenters. The molecule has 6 nitrogen and oxygen atoms in total. The highest BCUT2D eigenvalue weighted by Crippen LogP contribution is 2.24. The molecule has 0 aromatic carbocycles. The fourth-order valence-electron chi connectivity index (χ4n) is 3.06. The van der Waals surface area contributed by atoms with Gasteiger partial charge in [0.05, 0.1) is 6.42 Å². The molecule has 0 bridgehead atoms. The smallest absolute Gasteiger partial charge is 0.252 e. The van der Waals surface area contributed by atoms with Gasteiger partial charge in [-0.15, -0.1) is 12.4 Å². The molecule has 2 fully saturated rings. The van der Waals surface area contributed by atoms with Gasteiger partial charge in [-0.25, -0.2) is 0 Å². The number of nitrogens with zero attached hydrogens (tertiary/aromatic N) is 1. The molecule has 1 saturated heterocycles. The zero-order valence-electron chi connectivity index (χ0n) is 12.5. The number of carbonyl (C=O) groups excluding carboxylic acids is 3. The van der Waals surface area contributed by atoms with Gasteiger partial charge in [-0.2, -0.15) is 0 Å². The van der Waals surface area contributed by atoms with E-state index in [1.54, 1.807) is 13.8 Å². The van der Waals surface area contributed by atoms with Crippen molar-refractivity contribution < 1.29 is 14.4 Å². The molecular formula is C14H24ClN3O3. The lowest BCUT2D eigenvalue weighted by Crippen LogP contribution is -2.46. The lowest BCUT2D eigenvalue weighted by atomic mass is 9.85. The first-order valence-corrected chi connectivity index (χ1v) is 7.32. The number of imide groups is 1. The van der Waals surface area contributed by atoms with E-state index in [4.69, 9.17) is 5.73 Å². The summed E-state index contributed by atoms with van der Waals surface area (Å²) >= 11 is 0. The average Bonchev–Trinajstić information content (AvgIpc) is 2.64. The van der Waals surface area contributed by atoms with E-state index in [2.05, 4.69) is 5.32 Å². The van der Waals surface area contributed by atoms with Gasteiger partial charge < -0.3 is 11.1 Å². The summed E-state index contributed by atoms with van der Waals surface area (Å²) in [6.45, 7) is 3.58. The number of likely N-dealkylation sites (tertiary alicyclic amines) is 1. The standard InChI is InChI=1S/C14H23N3O3.ClH/c1-8(2)17-12(18)7-11(14(17)20)16-13(19)9-4-3-5-10(15)6-9;/h8-11H,3-7,15H2,1-2H3,(H,16,19);1H. The van der Waals surface area contributed by atoms with Gasteiger partial charge in [0, 0.05) is 18.0 Å². The number of halogens is 1. The van der Waals surface area contributed by atoms with E-state index in [-0.39, 0.29) is 54.6 Å². The summed E-state index contributed by atoms with van der Waals surface area (Å²) in [5, 5.41) is 2.73. The first kappa shape index (κ1) is 17.9. The summed E-state index contributed by atoms with van der Waals surface area (Å²) in [5.74, 6) is -0.777. The molecule has 2 aliphatic rings. The number of nitrogens with two attached hydrogens (primary N) is 1. The number of hydrogen-bond donors (Lipinski definition) is 2. The Morgan fingerprint density at radius 1 is 1.33 bits per heavy atom. The number of nitrogens with one attached hydrogen (secondary N) is 1. The van der Waals surface area contributed by atoms with E-state index in [1.807, 2.05) is 0 Å². The van der Waals surface area contributed by atoms with Crippen LogP contribution < -0.4 is 11.1 Å². The Bertz CT molecular complexity index is 428. The Morgan fingerprint density at radius 3 is 2.52 bits per heavy atom. The van der Waals surface area contributed by atoms with Crippen LogP contribution >= 0.6 is 12.4 Å². The summed E-state index contributed by atoms with van der Waals surface area (Å²) in [6, 6.07) is -0.803. The van der Waals surface area contributed by atoms with Crippen molar-refractivity contribution in [3.05, 3.63) is 0 Å². The first-order valence-electron chi connectivity index (χ1n) is 7.32. The van der Waals surface area contributed by atoms with Crippen LogP contribution in [0.1, 0.15) is 46.0 Å². The largest absolute Gasteiger partial charge is 0.344 e. The molecule has 3 N–H and O–H groups in total. The van der Waals surface area contributed by atoms with Crippen LogP contribution in [0.4, 0.5) is 0 Å². The van der Waals surface area contributed by atoms with Crippen LogP contribution in [0.2, 0.25) is 0 Å². The summed E-state index contributed by atoms with van der Waals surface area (Å²) < 4.78 is 0. The first-order chi connectivity index (χ1) is 9.40. The number of amides is 3. The fraction of sp³-hybridized carbons (Fsp3) is 0.786. The topological polar surface area (TPSA) is 92.5 Å². The SMILES string of the molecule is CC(C)N1C(=O)CC(NC(=O)C2CCCC(N)C2)C1=O.Cl. The van der Waals surface area contributed by atoms with Crippen LogP contribution in [0.5, 0.6) is 0 Å². The van der Waals surface area contributed by atoms with Gasteiger partial charge in [-0.3, -0.25) is 19.3 Å². The van der Waals surface area contributed by atoms with Crippen molar-refractivity contribution in [1.29, 1.82) is 0 Å². The molecule has 3 amide bonds. The Balaban J connectivity index is 0.00000220. The summed E-state index contributed by atoms with van der Waals surface area (Å²) in [5.41, 5.74) is 5.87. The molecule has 7 heteroatoms. The number of rotatable bonds is 3. The quantitative estimate of drug-likeness (QED) is 0.745. The molecule has 21 heavy (non-hydrogen) atoms. The molecule has 0 aromatic heterocycles. The Kier molecular flexibility index (Phi) is 6.16. The van der Waals surface area contributed by atoms with Crippen molar-refractivity contribution in [2.45, 2.75) is 64.1 Å². The number of hydrogen-bond acceptors (Lipinski definition) is 4. The predicted octanol–water partition coefficient (Wildman–Crippen LogP) is 0.578. The van der Waals surface area contributed by atoms with Gasteiger partial charge in [0.2, 0.25) is 11.8 Å². The Hall–Kier alpha value is -1.14. The van der Waals surface area contributed by atoms with Crippen LogP contribution in [0.15, 0.2) is 0 Å². The predicted molar refractivity (Wildman–Crippen MR) is 80.7 cm³/mol. The van der Waals surface area contributed by atoms with E-state index in [0.29, 0.717) is 6.42 Å². The van der Waals surface area contributed by atoms with Crippen LogP contribution in [0, 0.1) is 5.92 Å². The van der Waals surface area contributed by atoms with Crippen LogP contribution in [-0.2, 0) is 14.4 Å². The lowest BCUT2D eigenvalue weighted by Gasteiger charge is -2.26. The highest BCUT2D eigenvalue weighted by molar-refractivity contribution is 6.07. The zero-order chi connectivity index (χ0) is 14.9. The molecule has 1 saturated carbocycles. The van der Waals surface area contributed by atoms with Crippen molar-refractivity contribution in [1.82, 2.24) is 10.2 Å². The van der Waals surface area contributed by atoms with Gasteiger partial charge in [-0.05, 0) is 33.1 Å². The van der Waals surface area contributed by atoms with Crippen LogP contribution in [-0.4, -0.2) is 40.7 Å². The third kappa shape index (κ3) is 3.95. The van der Waals surface area contributed by atoms with E-state index in [0.717, 1.165) is 19.3 Å². The maximum atomic E-state index is 12.2. The van der Waals surface area contributed by atoms with Gasteiger partial charge >= 0.3 is 0 Å². The second kappa shape index (κ2) is 7.22. The second-order valence-electron chi connectivity index (χ2n) is 6.08. The Labute approximate surface area is 131 Å². The molecule has 120 valence electrons. The molecule has 0 aromatic rings. The molecule has 1 aliphatic heterocycles. The normalized spacial score (nSPS) is 29.5. The highest BCUT2D eigenvalue weighted by Gasteiger charge is 2.41. The Morgan fingerprint density at radius 2 is 2.00 bits per heavy atom. The number of carbonyl (C=O) groups is 3. The van der Waals surface area contributed by atoms with E-state index < -0.39 is 6.04 Å². The third-order valence-electron chi connectivity index (χ3n) is 4.10. The van der Waals surface area contributed by atoms with Crippen molar-refractivity contribution >= 4 is 30.1 Å². The molecule has 2 rings (SSSR count). The highest BCUT2D eigenvalue weighted by atomic mass is 35.5. The molecule has 1 heterocycles. The lowest BCUT2D eigenvalue weighted by molar-refractivity contribution is -0.141. The van der Waals surface area contributed by atoms with Crippen molar-refractivity contribution in [3.8, 4) is 0 Å². The monoisotopic (exact) mass is 317 g/mol. The molecule has 1 aliphatic carbocycles. The van der Waals surface area contributed by atoms with Gasteiger partial charge in [0.15, 0.2) is 0 Å². The zero-order valence-corrected chi connectivity index (χ0v) is 13.3. The van der Waals surface area contributed by atoms with Crippen molar-refractivity contribution in [3.63, 3.8) is 0 Å². The molecular weight excluding hydrogens is 294 g/mol. The van der Waals surface area contributed by atoms with Crippen LogP contribution in [0.25, 0.3) is 0 Å². The molecule has 0 radical (unpaired) electrons. The van der Waals surface area contributed by atoms with E-state index in [1.165, 1.54) is 4.90 Å². The third-order valence-corrected chi connectivity index (χ3v) is 4.10. The minimum atomic E-state index is -0.699. The van der Waals surface area contributed by atoms with E-state index >= 15 is 0 Å². The van der Waals surface area contributed by atoms with Crippen molar-refractivity contribution in [2.75, 3.05) is 0 Å². The molecule has 0 spiro atoms. The van der Waals surface area contributed by atoms with Gasteiger partial charge in [0.1, 0.15) is 6.04 Å². The fourth-order valence-corrected chi connectivity index (χ4v) is 3.06. The van der Waals surface area contributed by atoms with Crippen molar-refractivity contribution in [2.24, 2.45) is 11.7 Å². The minimum Gasteiger partial charge on any atom is -0.344 e. The van der Waals surface area contributed by atoms with Gasteiger partial charge in [0.25, 0.3) is 5.91 Å². The summed E-state index contributed by atoms with van der Waals surface area (Å²) in [7, 11) is 0. The van der Waals surface area contributed by atoms with Crippen LogP contribution in [0.3, 0.4) is 0 Å². The average molecular weight is 318 g/mol. The maximum absolute atomic E-state index is 12.2. The summed E-state index contributed by atoms with van der Waals surface area (Å²) in [4.78, 5) is 37.3. The minimum absolute atomic E-state index is 0.